The van der Waals surface area contributed by atoms with Gasteiger partial charge in [-0.2, -0.15) is 0 Å². The monoisotopic (exact) mass is 463 g/mol. The molecule has 1 aliphatic carbocycles. The van der Waals surface area contributed by atoms with E-state index in [-0.39, 0.29) is 0 Å². The van der Waals surface area contributed by atoms with Gasteiger partial charge in [-0.3, -0.25) is 0 Å². The normalized spacial score (nSPS) is 27.6. The van der Waals surface area contributed by atoms with Crippen LogP contribution < -0.4 is 5.32 Å². The second-order valence-corrected chi connectivity index (χ2v) is 8.70. The predicted octanol–water partition coefficient (Wildman–Crippen LogP) is 6.17. The van der Waals surface area contributed by atoms with Crippen molar-refractivity contribution in [3.63, 3.8) is 0 Å². The molecule has 1 aromatic rings. The molecule has 1 aliphatic rings. The molecule has 118 valence electrons. The Morgan fingerprint density at radius 3 is 2.71 bits per heavy atom. The minimum Gasteiger partial charge on any atom is -0.310 e. The minimum atomic E-state index is 0.504. The Hall–Kier alpha value is 0.390. The summed E-state index contributed by atoms with van der Waals surface area (Å²) in [5.41, 5.74) is 1.48. The van der Waals surface area contributed by atoms with Crippen LogP contribution in [0.5, 0.6) is 0 Å². The van der Waals surface area contributed by atoms with Crippen LogP contribution in [-0.4, -0.2) is 6.54 Å². The Bertz CT molecular complexity index is 463. The van der Waals surface area contributed by atoms with E-state index in [0.29, 0.717) is 6.04 Å². The van der Waals surface area contributed by atoms with Gasteiger partial charge in [0.1, 0.15) is 0 Å². The molecule has 4 atom stereocenters. The Kier molecular flexibility index (Phi) is 7.01. The molecule has 0 aliphatic heterocycles. The quantitative estimate of drug-likeness (QED) is 0.515. The third kappa shape index (κ3) is 4.68. The molecule has 1 saturated carbocycles. The molecule has 4 unspecified atom stereocenters. The number of nitrogens with one attached hydrogen (secondary N) is 1. The summed E-state index contributed by atoms with van der Waals surface area (Å²) in [7, 11) is 0. The van der Waals surface area contributed by atoms with Gasteiger partial charge in [-0.05, 0) is 89.9 Å². The molecule has 1 aromatic carbocycles. The summed E-state index contributed by atoms with van der Waals surface area (Å²) in [5.74, 6) is 2.50. The average Bonchev–Trinajstić information content (AvgIpc) is 2.46. The molecular formula is C18H27BrIN. The number of benzene rings is 1. The van der Waals surface area contributed by atoms with Crippen molar-refractivity contribution < 1.29 is 0 Å². The van der Waals surface area contributed by atoms with E-state index in [1.165, 1.54) is 39.3 Å². The first-order chi connectivity index (χ1) is 10.0. The van der Waals surface area contributed by atoms with Crippen molar-refractivity contribution in [1.29, 1.82) is 0 Å². The van der Waals surface area contributed by atoms with Gasteiger partial charge in [-0.25, -0.2) is 0 Å². The van der Waals surface area contributed by atoms with Crippen molar-refractivity contribution in [3.05, 3.63) is 31.8 Å². The fraction of sp³-hybridized carbons (Fsp3) is 0.667. The molecule has 1 N–H and O–H groups in total. The first-order valence-electron chi connectivity index (χ1n) is 8.21. The van der Waals surface area contributed by atoms with E-state index >= 15 is 0 Å². The van der Waals surface area contributed by atoms with Crippen molar-refractivity contribution in [2.45, 2.75) is 52.5 Å². The second-order valence-electron chi connectivity index (χ2n) is 6.63. The van der Waals surface area contributed by atoms with Gasteiger partial charge < -0.3 is 5.32 Å². The van der Waals surface area contributed by atoms with Gasteiger partial charge in [0.25, 0.3) is 0 Å². The zero-order chi connectivity index (χ0) is 15.4. The van der Waals surface area contributed by atoms with E-state index in [4.69, 9.17) is 0 Å². The molecule has 0 heterocycles. The molecule has 0 spiro atoms. The zero-order valence-corrected chi connectivity index (χ0v) is 17.1. The van der Waals surface area contributed by atoms with Crippen molar-refractivity contribution in [1.82, 2.24) is 5.32 Å². The van der Waals surface area contributed by atoms with Gasteiger partial charge in [-0.15, -0.1) is 0 Å². The smallest absolute Gasteiger partial charge is 0.0359 e. The summed E-state index contributed by atoms with van der Waals surface area (Å²) in [5, 5.41) is 3.83. The fourth-order valence-corrected chi connectivity index (χ4v) is 4.53. The van der Waals surface area contributed by atoms with Crippen LogP contribution in [0.15, 0.2) is 22.7 Å². The van der Waals surface area contributed by atoms with Crippen molar-refractivity contribution >= 4 is 38.5 Å². The van der Waals surface area contributed by atoms with Gasteiger partial charge >= 0.3 is 0 Å². The number of hydrogen-bond acceptors (Lipinski definition) is 1. The van der Waals surface area contributed by atoms with Crippen LogP contribution in [0, 0.1) is 21.3 Å². The lowest BCUT2D eigenvalue weighted by Gasteiger charge is -2.38. The minimum absolute atomic E-state index is 0.504. The van der Waals surface area contributed by atoms with Crippen LogP contribution in [0.2, 0.25) is 0 Å². The van der Waals surface area contributed by atoms with Gasteiger partial charge in [0.2, 0.25) is 0 Å². The molecule has 1 fully saturated rings. The van der Waals surface area contributed by atoms with E-state index in [9.17, 15) is 0 Å². The summed E-state index contributed by atoms with van der Waals surface area (Å²) < 4.78 is 2.58. The van der Waals surface area contributed by atoms with E-state index < -0.39 is 0 Å². The molecule has 0 amide bonds. The lowest BCUT2D eigenvalue weighted by molar-refractivity contribution is 0.171. The maximum atomic E-state index is 3.83. The van der Waals surface area contributed by atoms with Crippen molar-refractivity contribution in [3.8, 4) is 0 Å². The molecule has 0 saturated heterocycles. The SMILES string of the molecule is CCCNC(c1cc(Br)ccc1I)C1CCC(C)C(C)C1. The molecular weight excluding hydrogens is 437 g/mol. The highest BCUT2D eigenvalue weighted by Gasteiger charge is 2.31. The number of rotatable bonds is 5. The summed E-state index contributed by atoms with van der Waals surface area (Å²) in [6, 6.07) is 7.20. The molecule has 0 bridgehead atoms. The largest absolute Gasteiger partial charge is 0.310 e. The highest BCUT2D eigenvalue weighted by molar-refractivity contribution is 14.1. The van der Waals surface area contributed by atoms with Gasteiger partial charge in [-0.1, -0.05) is 43.1 Å². The summed E-state index contributed by atoms with van der Waals surface area (Å²) in [4.78, 5) is 0. The molecule has 1 nitrogen and oxygen atoms in total. The van der Waals surface area contributed by atoms with Crippen LogP contribution in [0.1, 0.15) is 58.1 Å². The van der Waals surface area contributed by atoms with Crippen LogP contribution in [-0.2, 0) is 0 Å². The molecule has 2 rings (SSSR count). The molecule has 0 aromatic heterocycles. The predicted molar refractivity (Wildman–Crippen MR) is 104 cm³/mol. The Morgan fingerprint density at radius 2 is 2.05 bits per heavy atom. The van der Waals surface area contributed by atoms with Crippen molar-refractivity contribution in [2.24, 2.45) is 17.8 Å². The van der Waals surface area contributed by atoms with E-state index in [2.05, 4.69) is 82.8 Å². The number of hydrogen-bond donors (Lipinski definition) is 1. The first-order valence-corrected chi connectivity index (χ1v) is 10.1. The van der Waals surface area contributed by atoms with Crippen LogP contribution in [0.3, 0.4) is 0 Å². The lowest BCUT2D eigenvalue weighted by Crippen LogP contribution is -2.34. The Morgan fingerprint density at radius 1 is 1.29 bits per heavy atom. The maximum absolute atomic E-state index is 3.83. The molecule has 21 heavy (non-hydrogen) atoms. The Balaban J connectivity index is 2.23. The van der Waals surface area contributed by atoms with Crippen LogP contribution >= 0.6 is 38.5 Å². The van der Waals surface area contributed by atoms with E-state index in [1.807, 2.05) is 0 Å². The average molecular weight is 464 g/mol. The summed E-state index contributed by atoms with van der Waals surface area (Å²) in [6.07, 6.45) is 5.28. The van der Waals surface area contributed by atoms with Gasteiger partial charge in [0, 0.05) is 14.1 Å². The fourth-order valence-electron chi connectivity index (χ4n) is 3.48. The third-order valence-electron chi connectivity index (χ3n) is 5.02. The topological polar surface area (TPSA) is 12.0 Å². The molecule has 0 radical (unpaired) electrons. The van der Waals surface area contributed by atoms with Crippen LogP contribution in [0.25, 0.3) is 0 Å². The zero-order valence-electron chi connectivity index (χ0n) is 13.3. The van der Waals surface area contributed by atoms with E-state index in [1.54, 1.807) is 0 Å². The molecule has 3 heteroatoms. The highest BCUT2D eigenvalue weighted by atomic mass is 127. The summed E-state index contributed by atoms with van der Waals surface area (Å²) >= 11 is 6.14. The third-order valence-corrected chi connectivity index (χ3v) is 6.49. The van der Waals surface area contributed by atoms with Gasteiger partial charge in [0.15, 0.2) is 0 Å². The highest BCUT2D eigenvalue weighted by Crippen LogP contribution is 2.41. The first kappa shape index (κ1) is 17.7. The van der Waals surface area contributed by atoms with E-state index in [0.717, 1.165) is 24.3 Å². The van der Waals surface area contributed by atoms with Crippen molar-refractivity contribution in [2.75, 3.05) is 6.54 Å². The van der Waals surface area contributed by atoms with Crippen LogP contribution in [0.4, 0.5) is 0 Å². The summed E-state index contributed by atoms with van der Waals surface area (Å²) in [6.45, 7) is 8.20. The maximum Gasteiger partial charge on any atom is 0.0359 e. The Labute approximate surface area is 151 Å². The van der Waals surface area contributed by atoms with Gasteiger partial charge in [0.05, 0.1) is 0 Å². The lowest BCUT2D eigenvalue weighted by atomic mass is 9.72. The second kappa shape index (κ2) is 8.30. The number of halogens is 2. The standard InChI is InChI=1S/C18H27BrIN/c1-4-9-21-18(14-6-5-12(2)13(3)10-14)16-11-15(19)7-8-17(16)20/h7-8,11-14,18,21H,4-6,9-10H2,1-3H3.